The first-order chi connectivity index (χ1) is 13.3. The number of amides is 1. The summed E-state index contributed by atoms with van der Waals surface area (Å²) in [5, 5.41) is 31.2. The standard InChI is InChI=1S/C19H25NO8/c1-19(2)27-16-14(23)15(26-17(16)28-19)12-13(22)11(21)8-20(12)18(24)25-9-10-6-4-3-5-7-10/h3-7,11-17,21-23H,8-9H2,1-2H3/t11-,12-,13-,14-,15+,16+,17+/m0/s1. The number of carbonyl (C=O) groups excluding carboxylic acids is 1. The van der Waals surface area contributed by atoms with Crippen molar-refractivity contribution < 1.29 is 39.1 Å². The highest BCUT2D eigenvalue weighted by molar-refractivity contribution is 5.69. The van der Waals surface area contributed by atoms with E-state index < -0.39 is 54.7 Å². The quantitative estimate of drug-likeness (QED) is 0.653. The fraction of sp³-hybridized carbons (Fsp3) is 0.632. The SMILES string of the molecule is CC1(C)O[C@H]2O[C@H]([C@@H]3[C@@H](O)[C@@H](O)CN3C(=O)OCc3ccccc3)[C@H](O)[C@H]2O1. The van der Waals surface area contributed by atoms with Crippen molar-refractivity contribution in [1.29, 1.82) is 0 Å². The van der Waals surface area contributed by atoms with Crippen LogP contribution in [0.25, 0.3) is 0 Å². The minimum atomic E-state index is -1.30. The molecule has 9 heteroatoms. The Kier molecular flexibility index (Phi) is 5.07. The number of nitrogens with zero attached hydrogens (tertiary/aromatic N) is 1. The summed E-state index contributed by atoms with van der Waals surface area (Å²) >= 11 is 0. The number of rotatable bonds is 3. The molecule has 9 nitrogen and oxygen atoms in total. The van der Waals surface area contributed by atoms with Gasteiger partial charge in [0, 0.05) is 0 Å². The lowest BCUT2D eigenvalue weighted by molar-refractivity contribution is -0.223. The van der Waals surface area contributed by atoms with Crippen molar-refractivity contribution in [2.24, 2.45) is 0 Å². The van der Waals surface area contributed by atoms with Crippen LogP contribution in [0.15, 0.2) is 30.3 Å². The minimum absolute atomic E-state index is 0.0504. The Labute approximate surface area is 162 Å². The van der Waals surface area contributed by atoms with Gasteiger partial charge in [0.2, 0.25) is 0 Å². The fourth-order valence-electron chi connectivity index (χ4n) is 4.01. The lowest BCUT2D eigenvalue weighted by Crippen LogP contribution is -2.53. The Bertz CT molecular complexity index is 713. The zero-order valence-electron chi connectivity index (χ0n) is 15.7. The maximum Gasteiger partial charge on any atom is 0.410 e. The molecule has 3 heterocycles. The molecule has 0 saturated carbocycles. The van der Waals surface area contributed by atoms with Gasteiger partial charge in [-0.25, -0.2) is 4.79 Å². The molecule has 7 atom stereocenters. The fourth-order valence-corrected chi connectivity index (χ4v) is 4.01. The molecule has 1 aromatic rings. The monoisotopic (exact) mass is 395 g/mol. The van der Waals surface area contributed by atoms with E-state index in [-0.39, 0.29) is 13.2 Å². The van der Waals surface area contributed by atoms with Gasteiger partial charge in [0.15, 0.2) is 12.1 Å². The van der Waals surface area contributed by atoms with E-state index in [1.54, 1.807) is 13.8 Å². The molecule has 0 bridgehead atoms. The summed E-state index contributed by atoms with van der Waals surface area (Å²) in [5.41, 5.74) is 0.809. The van der Waals surface area contributed by atoms with Gasteiger partial charge in [-0.15, -0.1) is 0 Å². The molecule has 4 rings (SSSR count). The highest BCUT2D eigenvalue weighted by Crippen LogP contribution is 2.40. The van der Waals surface area contributed by atoms with E-state index in [1.807, 2.05) is 30.3 Å². The molecule has 3 fully saturated rings. The Morgan fingerprint density at radius 3 is 2.54 bits per heavy atom. The first kappa shape index (κ1) is 19.6. The van der Waals surface area contributed by atoms with Crippen molar-refractivity contribution in [2.75, 3.05) is 6.54 Å². The third-order valence-electron chi connectivity index (χ3n) is 5.32. The molecule has 0 aliphatic carbocycles. The molecule has 3 saturated heterocycles. The number of carbonyl (C=O) groups is 1. The first-order valence-corrected chi connectivity index (χ1v) is 9.29. The predicted molar refractivity (Wildman–Crippen MR) is 93.8 cm³/mol. The van der Waals surface area contributed by atoms with Crippen molar-refractivity contribution in [2.45, 2.75) is 69.1 Å². The Morgan fingerprint density at radius 2 is 1.86 bits per heavy atom. The molecule has 0 spiro atoms. The highest BCUT2D eigenvalue weighted by Gasteiger charge is 2.60. The molecule has 1 aromatic carbocycles. The van der Waals surface area contributed by atoms with Crippen molar-refractivity contribution >= 4 is 6.09 Å². The van der Waals surface area contributed by atoms with Gasteiger partial charge in [-0.05, 0) is 19.4 Å². The molecule has 1 amide bonds. The van der Waals surface area contributed by atoms with Crippen LogP contribution in [0.1, 0.15) is 19.4 Å². The molecular formula is C19H25NO8. The van der Waals surface area contributed by atoms with E-state index in [9.17, 15) is 20.1 Å². The number of hydrogen-bond acceptors (Lipinski definition) is 8. The lowest BCUT2D eigenvalue weighted by atomic mass is 9.99. The summed E-state index contributed by atoms with van der Waals surface area (Å²) in [5.74, 6) is -0.899. The summed E-state index contributed by atoms with van der Waals surface area (Å²) < 4.78 is 22.4. The average molecular weight is 395 g/mol. The van der Waals surface area contributed by atoms with Crippen LogP contribution in [0.4, 0.5) is 4.79 Å². The Hall–Kier alpha value is -1.75. The van der Waals surface area contributed by atoms with E-state index in [0.29, 0.717) is 0 Å². The number of ether oxygens (including phenoxy) is 4. The number of aliphatic hydroxyl groups is 3. The van der Waals surface area contributed by atoms with E-state index in [0.717, 1.165) is 5.56 Å². The van der Waals surface area contributed by atoms with Crippen LogP contribution in [0, 0.1) is 0 Å². The topological polar surface area (TPSA) is 118 Å². The molecule has 3 aliphatic rings. The van der Waals surface area contributed by atoms with Crippen LogP contribution in [0.3, 0.4) is 0 Å². The van der Waals surface area contributed by atoms with E-state index in [2.05, 4.69) is 0 Å². The second-order valence-corrected chi connectivity index (χ2v) is 7.80. The molecule has 3 aliphatic heterocycles. The third kappa shape index (κ3) is 3.49. The summed E-state index contributed by atoms with van der Waals surface area (Å²) in [4.78, 5) is 13.8. The number of hydrogen-bond donors (Lipinski definition) is 3. The van der Waals surface area contributed by atoms with Crippen LogP contribution < -0.4 is 0 Å². The number of fused-ring (bicyclic) bond motifs is 1. The molecular weight excluding hydrogens is 370 g/mol. The highest BCUT2D eigenvalue weighted by atomic mass is 16.8. The molecule has 0 radical (unpaired) electrons. The van der Waals surface area contributed by atoms with Crippen LogP contribution in [0.5, 0.6) is 0 Å². The Morgan fingerprint density at radius 1 is 1.14 bits per heavy atom. The third-order valence-corrected chi connectivity index (χ3v) is 5.32. The molecule has 154 valence electrons. The van der Waals surface area contributed by atoms with Gasteiger partial charge in [-0.3, -0.25) is 4.90 Å². The number of benzene rings is 1. The molecule has 3 N–H and O–H groups in total. The maximum absolute atomic E-state index is 12.6. The van der Waals surface area contributed by atoms with Gasteiger partial charge in [0.25, 0.3) is 0 Å². The van der Waals surface area contributed by atoms with E-state index >= 15 is 0 Å². The van der Waals surface area contributed by atoms with Crippen molar-refractivity contribution in [3.63, 3.8) is 0 Å². The average Bonchev–Trinajstić information content (AvgIpc) is 3.23. The van der Waals surface area contributed by atoms with E-state index in [1.165, 1.54) is 4.90 Å². The first-order valence-electron chi connectivity index (χ1n) is 9.29. The van der Waals surface area contributed by atoms with Crippen LogP contribution in [0.2, 0.25) is 0 Å². The number of β-amino-alcohol motifs (C(OH)–C–C–N with tert-alkyl or cyclic N) is 1. The van der Waals surface area contributed by atoms with Crippen molar-refractivity contribution in [1.82, 2.24) is 4.90 Å². The van der Waals surface area contributed by atoms with Gasteiger partial charge in [0.1, 0.15) is 31.0 Å². The zero-order chi connectivity index (χ0) is 20.1. The van der Waals surface area contributed by atoms with Crippen LogP contribution in [-0.4, -0.2) is 81.5 Å². The summed E-state index contributed by atoms with van der Waals surface area (Å²) in [6.07, 6.45) is -6.86. The summed E-state index contributed by atoms with van der Waals surface area (Å²) in [6, 6.07) is 8.17. The maximum atomic E-state index is 12.6. The second-order valence-electron chi connectivity index (χ2n) is 7.80. The lowest BCUT2D eigenvalue weighted by Gasteiger charge is -2.32. The summed E-state index contributed by atoms with van der Waals surface area (Å²) in [7, 11) is 0. The number of likely N-dealkylation sites (tertiary alicyclic amines) is 1. The second kappa shape index (κ2) is 7.25. The van der Waals surface area contributed by atoms with E-state index in [4.69, 9.17) is 18.9 Å². The minimum Gasteiger partial charge on any atom is -0.445 e. The van der Waals surface area contributed by atoms with Gasteiger partial charge in [-0.1, -0.05) is 30.3 Å². The number of aliphatic hydroxyl groups excluding tert-OH is 3. The van der Waals surface area contributed by atoms with Gasteiger partial charge >= 0.3 is 6.09 Å². The molecule has 28 heavy (non-hydrogen) atoms. The molecule has 0 unspecified atom stereocenters. The van der Waals surface area contributed by atoms with Crippen molar-refractivity contribution in [3.05, 3.63) is 35.9 Å². The zero-order valence-corrected chi connectivity index (χ0v) is 15.7. The molecule has 0 aromatic heterocycles. The predicted octanol–water partition coefficient (Wildman–Crippen LogP) is -0.0335. The van der Waals surface area contributed by atoms with Crippen LogP contribution in [-0.2, 0) is 25.6 Å². The van der Waals surface area contributed by atoms with Gasteiger partial charge < -0.3 is 34.3 Å². The van der Waals surface area contributed by atoms with Crippen LogP contribution >= 0.6 is 0 Å². The summed E-state index contributed by atoms with van der Waals surface area (Å²) in [6.45, 7) is 3.33. The Balaban J connectivity index is 1.46. The van der Waals surface area contributed by atoms with Gasteiger partial charge in [-0.2, -0.15) is 0 Å². The van der Waals surface area contributed by atoms with Crippen molar-refractivity contribution in [3.8, 4) is 0 Å². The smallest absolute Gasteiger partial charge is 0.410 e. The normalized spacial score (nSPS) is 39.2. The largest absolute Gasteiger partial charge is 0.445 e. The van der Waals surface area contributed by atoms with Gasteiger partial charge in [0.05, 0.1) is 18.7 Å².